The molecule has 1 aromatic carbocycles. The van der Waals surface area contributed by atoms with Gasteiger partial charge in [0, 0.05) is 0 Å². The van der Waals surface area contributed by atoms with Gasteiger partial charge in [-0.05, 0) is 12.1 Å². The lowest BCUT2D eigenvalue weighted by Crippen LogP contribution is -2.29. The molecule has 1 aliphatic heterocycles. The summed E-state index contributed by atoms with van der Waals surface area (Å²) in [6.45, 7) is 0. The van der Waals surface area contributed by atoms with Crippen LogP contribution >= 0.6 is 46.4 Å². The van der Waals surface area contributed by atoms with Gasteiger partial charge in [-0.25, -0.2) is 4.90 Å². The highest BCUT2D eigenvalue weighted by Gasteiger charge is 2.43. The van der Waals surface area contributed by atoms with Crippen molar-refractivity contribution in [2.45, 2.75) is 0 Å². The normalized spacial score (nSPS) is 15.3. The summed E-state index contributed by atoms with van der Waals surface area (Å²) in [6, 6.07) is 8.32. The molecule has 1 aliphatic rings. The summed E-state index contributed by atoms with van der Waals surface area (Å²) in [6.07, 6.45) is 0. The number of benzene rings is 1. The average molecular weight is 337 g/mol. The average Bonchev–Trinajstić information content (AvgIpc) is 2.62. The first-order chi connectivity index (χ1) is 8.95. The van der Waals surface area contributed by atoms with Crippen LogP contribution in [-0.4, -0.2) is 11.8 Å². The van der Waals surface area contributed by atoms with E-state index >= 15 is 0 Å². The van der Waals surface area contributed by atoms with E-state index < -0.39 is 11.8 Å². The van der Waals surface area contributed by atoms with E-state index in [1.807, 2.05) is 0 Å². The molecule has 1 fully saturated rings. The standard InChI is InChI=1S/C12H5Cl4NO2/c13-9(14)7-8(10(15)16)12(19)17(11(7)18)6-4-2-1-3-5-6/h1-5H. The fourth-order valence-electron chi connectivity index (χ4n) is 1.69. The van der Waals surface area contributed by atoms with Gasteiger partial charge in [0.15, 0.2) is 0 Å². The highest BCUT2D eigenvalue weighted by Crippen LogP contribution is 2.37. The van der Waals surface area contributed by atoms with Crippen molar-refractivity contribution < 1.29 is 9.59 Å². The molecule has 19 heavy (non-hydrogen) atoms. The molecular weight excluding hydrogens is 332 g/mol. The van der Waals surface area contributed by atoms with Crippen molar-refractivity contribution in [2.24, 2.45) is 0 Å². The minimum Gasteiger partial charge on any atom is -0.268 e. The number of amides is 2. The van der Waals surface area contributed by atoms with Gasteiger partial charge in [0.05, 0.1) is 16.8 Å². The fourth-order valence-corrected chi connectivity index (χ4v) is 2.39. The van der Waals surface area contributed by atoms with Crippen LogP contribution in [0.5, 0.6) is 0 Å². The molecular formula is C12H5Cl4NO2. The monoisotopic (exact) mass is 335 g/mol. The number of anilines is 1. The van der Waals surface area contributed by atoms with E-state index in [4.69, 9.17) is 46.4 Å². The van der Waals surface area contributed by atoms with Gasteiger partial charge in [-0.15, -0.1) is 0 Å². The summed E-state index contributed by atoms with van der Waals surface area (Å²) in [5.41, 5.74) is -0.0106. The van der Waals surface area contributed by atoms with E-state index in [1.54, 1.807) is 30.3 Å². The first-order valence-corrected chi connectivity index (χ1v) is 6.51. The zero-order valence-corrected chi connectivity index (χ0v) is 12.2. The Morgan fingerprint density at radius 3 is 1.58 bits per heavy atom. The second kappa shape index (κ2) is 5.55. The Morgan fingerprint density at radius 1 is 0.789 bits per heavy atom. The quantitative estimate of drug-likeness (QED) is 0.575. The summed E-state index contributed by atoms with van der Waals surface area (Å²) in [4.78, 5) is 25.3. The molecule has 0 aromatic heterocycles. The minimum atomic E-state index is -0.662. The maximum atomic E-state index is 12.2. The third kappa shape index (κ3) is 2.51. The molecule has 0 radical (unpaired) electrons. The molecule has 98 valence electrons. The zero-order chi connectivity index (χ0) is 14.2. The molecule has 0 spiro atoms. The molecule has 7 heteroatoms. The summed E-state index contributed by atoms with van der Waals surface area (Å²) in [5, 5.41) is 0. The van der Waals surface area contributed by atoms with Gasteiger partial charge in [0.1, 0.15) is 8.98 Å². The Hall–Kier alpha value is -1.00. The molecule has 2 rings (SSSR count). The number of rotatable bonds is 1. The smallest absolute Gasteiger partial charge is 0.268 e. The lowest BCUT2D eigenvalue weighted by atomic mass is 10.2. The van der Waals surface area contributed by atoms with Crippen molar-refractivity contribution in [3.8, 4) is 0 Å². The first-order valence-electron chi connectivity index (χ1n) is 5.00. The topological polar surface area (TPSA) is 37.4 Å². The summed E-state index contributed by atoms with van der Waals surface area (Å²) < 4.78 is -0.712. The maximum Gasteiger partial charge on any atom is 0.268 e. The van der Waals surface area contributed by atoms with Crippen molar-refractivity contribution in [3.63, 3.8) is 0 Å². The fraction of sp³-hybridized carbons (Fsp3) is 0. The van der Waals surface area contributed by atoms with Gasteiger partial charge in [-0.1, -0.05) is 64.6 Å². The Morgan fingerprint density at radius 2 is 1.21 bits per heavy atom. The highest BCUT2D eigenvalue weighted by atomic mass is 35.5. The number of para-hydroxylation sites is 1. The lowest BCUT2D eigenvalue weighted by Gasteiger charge is -2.12. The van der Waals surface area contributed by atoms with Crippen molar-refractivity contribution in [3.05, 3.63) is 50.5 Å². The second-order valence-corrected chi connectivity index (χ2v) is 5.45. The van der Waals surface area contributed by atoms with Gasteiger partial charge in [-0.2, -0.15) is 0 Å². The number of halogens is 4. The van der Waals surface area contributed by atoms with Crippen LogP contribution in [0.15, 0.2) is 50.5 Å². The molecule has 0 N–H and O–H groups in total. The van der Waals surface area contributed by atoms with Crippen LogP contribution in [0.4, 0.5) is 5.69 Å². The number of carbonyl (C=O) groups is 2. The number of imide groups is 1. The van der Waals surface area contributed by atoms with Crippen LogP contribution in [0.25, 0.3) is 0 Å². The number of nitrogens with zero attached hydrogens (tertiary/aromatic N) is 1. The SMILES string of the molecule is O=C1C(=C(Cl)Cl)C(=C(Cl)Cl)C(=O)N1c1ccccc1. The lowest BCUT2D eigenvalue weighted by molar-refractivity contribution is -0.119. The van der Waals surface area contributed by atoms with Gasteiger partial charge >= 0.3 is 0 Å². The van der Waals surface area contributed by atoms with Crippen LogP contribution in [-0.2, 0) is 9.59 Å². The van der Waals surface area contributed by atoms with E-state index in [9.17, 15) is 9.59 Å². The van der Waals surface area contributed by atoms with Crippen LogP contribution in [0.3, 0.4) is 0 Å². The third-order valence-corrected chi connectivity index (χ3v) is 3.23. The molecule has 0 saturated carbocycles. The van der Waals surface area contributed by atoms with Gasteiger partial charge in [-0.3, -0.25) is 9.59 Å². The van der Waals surface area contributed by atoms with Crippen molar-refractivity contribution >= 4 is 63.9 Å². The molecule has 0 aliphatic carbocycles. The molecule has 0 unspecified atom stereocenters. The summed E-state index contributed by atoms with van der Waals surface area (Å²) >= 11 is 22.5. The summed E-state index contributed by atoms with van der Waals surface area (Å²) in [5.74, 6) is -1.32. The number of hydrogen-bond donors (Lipinski definition) is 0. The van der Waals surface area contributed by atoms with Crippen LogP contribution in [0.1, 0.15) is 0 Å². The van der Waals surface area contributed by atoms with Crippen molar-refractivity contribution in [2.75, 3.05) is 4.90 Å². The Kier molecular flexibility index (Phi) is 4.21. The third-order valence-electron chi connectivity index (χ3n) is 2.48. The minimum absolute atomic E-state index is 0.197. The molecule has 1 heterocycles. The van der Waals surface area contributed by atoms with E-state index in [0.29, 0.717) is 5.69 Å². The number of carbonyl (C=O) groups excluding carboxylic acids is 2. The Balaban J connectivity index is 2.63. The molecule has 0 bridgehead atoms. The predicted octanol–water partition coefficient (Wildman–Crippen LogP) is 3.94. The summed E-state index contributed by atoms with van der Waals surface area (Å²) in [7, 11) is 0. The molecule has 1 saturated heterocycles. The van der Waals surface area contributed by atoms with E-state index in [0.717, 1.165) is 4.90 Å². The second-order valence-electron chi connectivity index (χ2n) is 3.55. The van der Waals surface area contributed by atoms with E-state index in [2.05, 4.69) is 0 Å². The van der Waals surface area contributed by atoms with Crippen LogP contribution < -0.4 is 4.90 Å². The van der Waals surface area contributed by atoms with Crippen molar-refractivity contribution in [1.29, 1.82) is 0 Å². The van der Waals surface area contributed by atoms with E-state index in [1.165, 1.54) is 0 Å². The van der Waals surface area contributed by atoms with Gasteiger partial charge < -0.3 is 0 Å². The van der Waals surface area contributed by atoms with Crippen LogP contribution in [0, 0.1) is 0 Å². The zero-order valence-electron chi connectivity index (χ0n) is 9.16. The van der Waals surface area contributed by atoms with Gasteiger partial charge in [0.2, 0.25) is 0 Å². The molecule has 0 atom stereocenters. The van der Waals surface area contributed by atoms with Crippen LogP contribution in [0.2, 0.25) is 0 Å². The largest absolute Gasteiger partial charge is 0.268 e. The Bertz CT molecular complexity index is 578. The first kappa shape index (κ1) is 14.4. The maximum absolute atomic E-state index is 12.2. The molecule has 1 aromatic rings. The van der Waals surface area contributed by atoms with E-state index in [-0.39, 0.29) is 20.1 Å². The molecule has 3 nitrogen and oxygen atoms in total. The van der Waals surface area contributed by atoms with Gasteiger partial charge in [0.25, 0.3) is 11.8 Å². The molecule has 2 amide bonds. The number of hydrogen-bond acceptors (Lipinski definition) is 2. The van der Waals surface area contributed by atoms with Crippen molar-refractivity contribution in [1.82, 2.24) is 0 Å². The highest BCUT2D eigenvalue weighted by molar-refractivity contribution is 6.63. The Labute approximate surface area is 129 Å². The predicted molar refractivity (Wildman–Crippen MR) is 76.4 cm³/mol.